The van der Waals surface area contributed by atoms with Crippen molar-refractivity contribution in [1.29, 1.82) is 0 Å². The van der Waals surface area contributed by atoms with E-state index in [1.54, 1.807) is 12.1 Å². The van der Waals surface area contributed by atoms with E-state index >= 15 is 0 Å². The van der Waals surface area contributed by atoms with Crippen molar-refractivity contribution in [3.05, 3.63) is 35.4 Å². The van der Waals surface area contributed by atoms with Crippen LogP contribution < -0.4 is 4.74 Å². The monoisotopic (exact) mass is 218 g/mol. The Kier molecular flexibility index (Phi) is 2.46. The first-order valence-electron chi connectivity index (χ1n) is 5.18. The molecule has 0 saturated heterocycles. The minimum absolute atomic E-state index is 0.0498. The average molecular weight is 218 g/mol. The van der Waals surface area contributed by atoms with Crippen LogP contribution in [-0.2, 0) is 6.42 Å². The van der Waals surface area contributed by atoms with E-state index < -0.39 is 0 Å². The summed E-state index contributed by atoms with van der Waals surface area (Å²) in [6.07, 6.45) is 0.487. The molecule has 1 N–H and O–H groups in total. The summed E-state index contributed by atoms with van der Waals surface area (Å²) < 4.78 is 5.61. The second-order valence-electron chi connectivity index (χ2n) is 4.15. The second-order valence-corrected chi connectivity index (χ2v) is 4.15. The molecule has 1 aliphatic rings. The number of Topliss-reactive ketones (excluding diaryl/α,β-unsaturated/α-hetero) is 1. The lowest BCUT2D eigenvalue weighted by molar-refractivity contribution is 0.101. The molecule has 3 heteroatoms. The fourth-order valence-electron chi connectivity index (χ4n) is 1.86. The summed E-state index contributed by atoms with van der Waals surface area (Å²) in [6.45, 7) is 7.16. The Morgan fingerprint density at radius 2 is 2.19 bits per heavy atom. The Labute approximate surface area is 94.4 Å². The van der Waals surface area contributed by atoms with Gasteiger partial charge in [0.1, 0.15) is 17.6 Å². The topological polar surface area (TPSA) is 46.5 Å². The van der Waals surface area contributed by atoms with Gasteiger partial charge >= 0.3 is 0 Å². The summed E-state index contributed by atoms with van der Waals surface area (Å²) in [7, 11) is 0. The van der Waals surface area contributed by atoms with Gasteiger partial charge in [-0.1, -0.05) is 6.58 Å². The van der Waals surface area contributed by atoms with Gasteiger partial charge in [-0.05, 0) is 31.6 Å². The van der Waals surface area contributed by atoms with Crippen LogP contribution in [0.2, 0.25) is 0 Å². The summed E-state index contributed by atoms with van der Waals surface area (Å²) >= 11 is 0. The van der Waals surface area contributed by atoms with Crippen molar-refractivity contribution in [3.8, 4) is 11.5 Å². The van der Waals surface area contributed by atoms with E-state index in [9.17, 15) is 9.90 Å². The molecule has 0 radical (unpaired) electrons. The first-order chi connectivity index (χ1) is 7.50. The third-order valence-electron chi connectivity index (χ3n) is 2.83. The van der Waals surface area contributed by atoms with Gasteiger partial charge < -0.3 is 9.84 Å². The molecule has 3 nitrogen and oxygen atoms in total. The minimum Gasteiger partial charge on any atom is -0.507 e. The van der Waals surface area contributed by atoms with Gasteiger partial charge in [0.05, 0.1) is 5.56 Å². The molecule has 0 amide bonds. The number of ether oxygens (including phenoxy) is 1. The standard InChI is InChI=1S/C13H14O3/c1-7(2)12-6-10-11(16-12)5-4-9(8(3)14)13(10)15/h4-5,12,15H,1,6H2,2-3H3/t12-/m1/s1. The smallest absolute Gasteiger partial charge is 0.163 e. The van der Waals surface area contributed by atoms with Crippen molar-refractivity contribution < 1.29 is 14.6 Å². The fraction of sp³-hybridized carbons (Fsp3) is 0.308. The number of rotatable bonds is 2. The zero-order chi connectivity index (χ0) is 11.9. The van der Waals surface area contributed by atoms with Gasteiger partial charge in [0, 0.05) is 12.0 Å². The molecule has 0 saturated carbocycles. The highest BCUT2D eigenvalue weighted by Gasteiger charge is 2.27. The van der Waals surface area contributed by atoms with Crippen LogP contribution in [-0.4, -0.2) is 17.0 Å². The predicted octanol–water partition coefficient (Wildman–Crippen LogP) is 2.47. The highest BCUT2D eigenvalue weighted by molar-refractivity contribution is 5.97. The Balaban J connectivity index is 2.44. The summed E-state index contributed by atoms with van der Waals surface area (Å²) in [6, 6.07) is 3.33. The van der Waals surface area contributed by atoms with Crippen LogP contribution in [0.5, 0.6) is 11.5 Å². The zero-order valence-electron chi connectivity index (χ0n) is 9.41. The Morgan fingerprint density at radius 3 is 2.75 bits per heavy atom. The van der Waals surface area contributed by atoms with E-state index in [0.717, 1.165) is 5.57 Å². The van der Waals surface area contributed by atoms with Gasteiger partial charge in [-0.15, -0.1) is 0 Å². The number of benzene rings is 1. The number of phenolic OH excluding ortho intramolecular Hbond substituents is 1. The Morgan fingerprint density at radius 1 is 1.50 bits per heavy atom. The van der Waals surface area contributed by atoms with Crippen molar-refractivity contribution in [3.63, 3.8) is 0 Å². The average Bonchev–Trinajstić information content (AvgIpc) is 2.62. The maximum atomic E-state index is 11.3. The third kappa shape index (κ3) is 1.58. The highest BCUT2D eigenvalue weighted by Crippen LogP contribution is 2.39. The van der Waals surface area contributed by atoms with Crippen molar-refractivity contribution in [1.82, 2.24) is 0 Å². The number of fused-ring (bicyclic) bond motifs is 1. The summed E-state index contributed by atoms with van der Waals surface area (Å²) in [5, 5.41) is 9.95. The lowest BCUT2D eigenvalue weighted by atomic mass is 10.0. The van der Waals surface area contributed by atoms with Crippen LogP contribution in [0.3, 0.4) is 0 Å². The second kappa shape index (κ2) is 3.67. The number of hydrogen-bond donors (Lipinski definition) is 1. The molecule has 16 heavy (non-hydrogen) atoms. The van der Waals surface area contributed by atoms with Crippen LogP contribution >= 0.6 is 0 Å². The van der Waals surface area contributed by atoms with Gasteiger partial charge in [0.2, 0.25) is 0 Å². The molecule has 1 aromatic rings. The fourth-order valence-corrected chi connectivity index (χ4v) is 1.86. The summed E-state index contributed by atoms with van der Waals surface area (Å²) in [5.41, 5.74) is 1.98. The van der Waals surface area contributed by atoms with Crippen LogP contribution in [0.25, 0.3) is 0 Å². The van der Waals surface area contributed by atoms with Crippen LogP contribution in [0.1, 0.15) is 29.8 Å². The predicted molar refractivity (Wildman–Crippen MR) is 61.0 cm³/mol. The molecule has 0 aromatic heterocycles. The van der Waals surface area contributed by atoms with E-state index in [1.165, 1.54) is 6.92 Å². The van der Waals surface area contributed by atoms with Crippen molar-refractivity contribution in [2.75, 3.05) is 0 Å². The van der Waals surface area contributed by atoms with E-state index in [-0.39, 0.29) is 17.6 Å². The van der Waals surface area contributed by atoms with Crippen molar-refractivity contribution in [2.45, 2.75) is 26.4 Å². The number of carbonyl (C=O) groups is 1. The maximum absolute atomic E-state index is 11.3. The van der Waals surface area contributed by atoms with Crippen LogP contribution in [0.15, 0.2) is 24.3 Å². The number of phenols is 1. The quantitative estimate of drug-likeness (QED) is 0.612. The lowest BCUT2D eigenvalue weighted by Crippen LogP contribution is -2.13. The normalized spacial score (nSPS) is 17.8. The third-order valence-corrected chi connectivity index (χ3v) is 2.83. The molecule has 0 bridgehead atoms. The SMILES string of the molecule is C=C(C)[C@H]1Cc2c(ccc(C(C)=O)c2O)O1. The van der Waals surface area contributed by atoms with E-state index in [1.807, 2.05) is 6.92 Å². The first-order valence-corrected chi connectivity index (χ1v) is 5.18. The molecular weight excluding hydrogens is 204 g/mol. The molecule has 0 aliphatic carbocycles. The largest absolute Gasteiger partial charge is 0.507 e. The first kappa shape index (κ1) is 10.7. The Hall–Kier alpha value is -1.77. The number of aromatic hydroxyl groups is 1. The van der Waals surface area contributed by atoms with Crippen molar-refractivity contribution >= 4 is 5.78 Å². The molecule has 0 fully saturated rings. The number of carbonyl (C=O) groups excluding carboxylic acids is 1. The van der Waals surface area contributed by atoms with Crippen LogP contribution in [0, 0.1) is 0 Å². The summed E-state index contributed by atoms with van der Waals surface area (Å²) in [5.74, 6) is 0.559. The molecule has 2 rings (SSSR count). The van der Waals surface area contributed by atoms with Crippen molar-refractivity contribution in [2.24, 2.45) is 0 Å². The van der Waals surface area contributed by atoms with Crippen LogP contribution in [0.4, 0.5) is 0 Å². The summed E-state index contributed by atoms with van der Waals surface area (Å²) in [4.78, 5) is 11.3. The number of hydrogen-bond acceptors (Lipinski definition) is 3. The van der Waals surface area contributed by atoms with Gasteiger partial charge in [-0.3, -0.25) is 4.79 Å². The lowest BCUT2D eigenvalue weighted by Gasteiger charge is -2.08. The van der Waals surface area contributed by atoms with Gasteiger partial charge in [-0.2, -0.15) is 0 Å². The minimum atomic E-state index is -0.140. The Bertz CT molecular complexity index is 474. The molecule has 1 aliphatic heterocycles. The molecule has 1 atom stereocenters. The molecule has 1 heterocycles. The van der Waals surface area contributed by atoms with Gasteiger partial charge in [-0.25, -0.2) is 0 Å². The molecule has 1 aromatic carbocycles. The molecular formula is C13H14O3. The van der Waals surface area contributed by atoms with Gasteiger partial charge in [0.25, 0.3) is 0 Å². The van der Waals surface area contributed by atoms with E-state index in [2.05, 4.69) is 6.58 Å². The molecule has 0 unspecified atom stereocenters. The number of ketones is 1. The maximum Gasteiger partial charge on any atom is 0.163 e. The molecule has 84 valence electrons. The molecule has 0 spiro atoms. The van der Waals surface area contributed by atoms with Gasteiger partial charge in [0.15, 0.2) is 5.78 Å². The zero-order valence-corrected chi connectivity index (χ0v) is 9.41. The highest BCUT2D eigenvalue weighted by atomic mass is 16.5. The van der Waals surface area contributed by atoms with E-state index in [4.69, 9.17) is 4.74 Å². The van der Waals surface area contributed by atoms with E-state index in [0.29, 0.717) is 23.3 Å².